The molecule has 1 aliphatic rings. The Bertz CT molecular complexity index is 859. The van der Waals surface area contributed by atoms with Crippen LogP contribution >= 0.6 is 0 Å². The highest BCUT2D eigenvalue weighted by atomic mass is 16.5. The number of aliphatic carboxylic acids is 1. The SMILES string of the molecule is CN(C(=O)C1CC1)c1ccccc1C(=O)Nc1ccc(OCC(=O)O)cc1. The molecule has 1 aliphatic carbocycles. The molecule has 7 nitrogen and oxygen atoms in total. The Morgan fingerprint density at radius 1 is 1.11 bits per heavy atom. The summed E-state index contributed by atoms with van der Waals surface area (Å²) in [6.45, 7) is -0.430. The summed E-state index contributed by atoms with van der Waals surface area (Å²) >= 11 is 0. The minimum Gasteiger partial charge on any atom is -0.482 e. The van der Waals surface area contributed by atoms with Crippen LogP contribution in [-0.4, -0.2) is 36.5 Å². The molecule has 0 aliphatic heterocycles. The van der Waals surface area contributed by atoms with Crippen LogP contribution in [0.4, 0.5) is 11.4 Å². The van der Waals surface area contributed by atoms with Gasteiger partial charge in [0.1, 0.15) is 5.75 Å². The average Bonchev–Trinajstić information content (AvgIpc) is 3.51. The van der Waals surface area contributed by atoms with E-state index in [0.29, 0.717) is 22.7 Å². The Hall–Kier alpha value is -3.35. The van der Waals surface area contributed by atoms with Gasteiger partial charge in [-0.05, 0) is 49.2 Å². The molecule has 0 bridgehead atoms. The molecular formula is C20H20N2O5. The number of nitrogens with zero attached hydrogens (tertiary/aromatic N) is 1. The number of amides is 2. The molecular weight excluding hydrogens is 348 g/mol. The number of carbonyl (C=O) groups excluding carboxylic acids is 2. The molecule has 0 unspecified atom stereocenters. The molecule has 140 valence electrons. The molecule has 2 aromatic rings. The van der Waals surface area contributed by atoms with Crippen molar-refractivity contribution in [2.45, 2.75) is 12.8 Å². The maximum absolute atomic E-state index is 12.7. The summed E-state index contributed by atoms with van der Waals surface area (Å²) in [5, 5.41) is 11.4. The molecule has 0 radical (unpaired) electrons. The van der Waals surface area contributed by atoms with Gasteiger partial charge in [0.05, 0.1) is 11.3 Å². The monoisotopic (exact) mass is 368 g/mol. The molecule has 0 aromatic heterocycles. The van der Waals surface area contributed by atoms with Crippen LogP contribution in [0.25, 0.3) is 0 Å². The number of carboxylic acids is 1. The largest absolute Gasteiger partial charge is 0.482 e. The lowest BCUT2D eigenvalue weighted by atomic mass is 10.1. The highest BCUT2D eigenvalue weighted by molar-refractivity contribution is 6.10. The Kier molecular flexibility index (Phi) is 5.40. The molecule has 0 saturated heterocycles. The van der Waals surface area contributed by atoms with Crippen molar-refractivity contribution >= 4 is 29.2 Å². The summed E-state index contributed by atoms with van der Waals surface area (Å²) in [5.74, 6) is -0.917. The van der Waals surface area contributed by atoms with Crippen LogP contribution in [0, 0.1) is 5.92 Å². The van der Waals surface area contributed by atoms with Crippen molar-refractivity contribution < 1.29 is 24.2 Å². The number of nitrogens with one attached hydrogen (secondary N) is 1. The third-order valence-corrected chi connectivity index (χ3v) is 4.24. The van der Waals surface area contributed by atoms with Crippen molar-refractivity contribution in [3.8, 4) is 5.75 Å². The third kappa shape index (κ3) is 4.63. The fourth-order valence-electron chi connectivity index (χ4n) is 2.66. The van der Waals surface area contributed by atoms with E-state index in [4.69, 9.17) is 9.84 Å². The molecule has 7 heteroatoms. The number of anilines is 2. The second-order valence-electron chi connectivity index (χ2n) is 6.35. The van der Waals surface area contributed by atoms with Gasteiger partial charge in [-0.3, -0.25) is 9.59 Å². The zero-order valence-electron chi connectivity index (χ0n) is 14.8. The lowest BCUT2D eigenvalue weighted by molar-refractivity contribution is -0.139. The van der Waals surface area contributed by atoms with E-state index in [1.54, 1.807) is 55.6 Å². The summed E-state index contributed by atoms with van der Waals surface area (Å²) in [6.07, 6.45) is 1.79. The van der Waals surface area contributed by atoms with E-state index in [-0.39, 0.29) is 17.7 Å². The number of para-hydroxylation sites is 1. The van der Waals surface area contributed by atoms with Crippen molar-refractivity contribution in [2.24, 2.45) is 5.92 Å². The van der Waals surface area contributed by atoms with Crippen molar-refractivity contribution in [3.05, 3.63) is 54.1 Å². The van der Waals surface area contributed by atoms with Crippen LogP contribution in [0.3, 0.4) is 0 Å². The molecule has 27 heavy (non-hydrogen) atoms. The van der Waals surface area contributed by atoms with Crippen molar-refractivity contribution in [1.82, 2.24) is 0 Å². The average molecular weight is 368 g/mol. The zero-order valence-corrected chi connectivity index (χ0v) is 14.8. The summed E-state index contributed by atoms with van der Waals surface area (Å²) in [7, 11) is 1.68. The highest BCUT2D eigenvalue weighted by Crippen LogP contribution is 2.33. The topological polar surface area (TPSA) is 95.9 Å². The van der Waals surface area contributed by atoms with Gasteiger partial charge < -0.3 is 20.1 Å². The Labute approximate surface area is 156 Å². The Balaban J connectivity index is 1.71. The lowest BCUT2D eigenvalue weighted by Crippen LogP contribution is -2.29. The van der Waals surface area contributed by atoms with E-state index in [0.717, 1.165) is 12.8 Å². The molecule has 3 rings (SSSR count). The normalized spacial score (nSPS) is 12.9. The number of hydrogen-bond donors (Lipinski definition) is 2. The van der Waals surface area contributed by atoms with Gasteiger partial charge in [0.25, 0.3) is 5.91 Å². The van der Waals surface area contributed by atoms with Crippen LogP contribution in [0.2, 0.25) is 0 Å². The molecule has 0 heterocycles. The number of carboxylic acid groups (broad SMARTS) is 1. The number of hydrogen-bond acceptors (Lipinski definition) is 4. The molecule has 2 amide bonds. The van der Waals surface area contributed by atoms with Crippen LogP contribution < -0.4 is 15.0 Å². The van der Waals surface area contributed by atoms with Crippen molar-refractivity contribution in [1.29, 1.82) is 0 Å². The van der Waals surface area contributed by atoms with E-state index in [1.165, 1.54) is 4.90 Å². The van der Waals surface area contributed by atoms with Crippen LogP contribution in [-0.2, 0) is 9.59 Å². The predicted octanol–water partition coefficient (Wildman–Crippen LogP) is 2.78. The van der Waals surface area contributed by atoms with Gasteiger partial charge in [0, 0.05) is 18.7 Å². The van der Waals surface area contributed by atoms with Gasteiger partial charge in [-0.15, -0.1) is 0 Å². The molecule has 1 fully saturated rings. The molecule has 2 aromatic carbocycles. The van der Waals surface area contributed by atoms with Gasteiger partial charge >= 0.3 is 5.97 Å². The standard InChI is InChI=1S/C20H20N2O5/c1-22(20(26)13-6-7-13)17-5-3-2-4-16(17)19(25)21-14-8-10-15(11-9-14)27-12-18(23)24/h2-5,8-11,13H,6-7,12H2,1H3,(H,21,25)(H,23,24). The first-order chi connectivity index (χ1) is 13.0. The smallest absolute Gasteiger partial charge is 0.341 e. The first-order valence-electron chi connectivity index (χ1n) is 8.58. The van der Waals surface area contributed by atoms with E-state index in [9.17, 15) is 14.4 Å². The molecule has 0 atom stereocenters. The Morgan fingerprint density at radius 2 is 1.78 bits per heavy atom. The molecule has 1 saturated carbocycles. The summed E-state index contributed by atoms with van der Waals surface area (Å²) in [4.78, 5) is 37.1. The van der Waals surface area contributed by atoms with Gasteiger partial charge in [-0.1, -0.05) is 12.1 Å². The zero-order chi connectivity index (χ0) is 19.4. The maximum atomic E-state index is 12.7. The molecule has 2 N–H and O–H groups in total. The quantitative estimate of drug-likeness (QED) is 0.783. The van der Waals surface area contributed by atoms with Gasteiger partial charge in [-0.2, -0.15) is 0 Å². The van der Waals surface area contributed by atoms with Crippen LogP contribution in [0.5, 0.6) is 5.75 Å². The predicted molar refractivity (Wildman–Crippen MR) is 100 cm³/mol. The van der Waals surface area contributed by atoms with Crippen LogP contribution in [0.15, 0.2) is 48.5 Å². The summed E-state index contributed by atoms with van der Waals surface area (Å²) in [6, 6.07) is 13.4. The summed E-state index contributed by atoms with van der Waals surface area (Å²) < 4.78 is 5.06. The second-order valence-corrected chi connectivity index (χ2v) is 6.35. The van der Waals surface area contributed by atoms with Gasteiger partial charge in [-0.25, -0.2) is 4.79 Å². The van der Waals surface area contributed by atoms with Crippen molar-refractivity contribution in [2.75, 3.05) is 23.9 Å². The fraction of sp³-hybridized carbons (Fsp3) is 0.250. The Morgan fingerprint density at radius 3 is 2.41 bits per heavy atom. The summed E-state index contributed by atoms with van der Waals surface area (Å²) in [5.41, 5.74) is 1.50. The van der Waals surface area contributed by atoms with E-state index >= 15 is 0 Å². The first kappa shape index (κ1) is 18.4. The number of ether oxygens (including phenoxy) is 1. The number of benzene rings is 2. The van der Waals surface area contributed by atoms with E-state index < -0.39 is 12.6 Å². The number of carbonyl (C=O) groups is 3. The van der Waals surface area contributed by atoms with E-state index in [2.05, 4.69) is 5.32 Å². The maximum Gasteiger partial charge on any atom is 0.341 e. The van der Waals surface area contributed by atoms with E-state index in [1.807, 2.05) is 0 Å². The minimum absolute atomic E-state index is 0.0233. The first-order valence-corrected chi connectivity index (χ1v) is 8.58. The van der Waals surface area contributed by atoms with Crippen molar-refractivity contribution in [3.63, 3.8) is 0 Å². The molecule has 0 spiro atoms. The fourth-order valence-corrected chi connectivity index (χ4v) is 2.66. The lowest BCUT2D eigenvalue weighted by Gasteiger charge is -2.20. The second kappa shape index (κ2) is 7.90. The van der Waals surface area contributed by atoms with Crippen LogP contribution in [0.1, 0.15) is 23.2 Å². The van der Waals surface area contributed by atoms with Gasteiger partial charge in [0.15, 0.2) is 6.61 Å². The van der Waals surface area contributed by atoms with Gasteiger partial charge in [0.2, 0.25) is 5.91 Å². The highest BCUT2D eigenvalue weighted by Gasteiger charge is 2.33. The third-order valence-electron chi connectivity index (χ3n) is 4.24. The number of rotatable bonds is 7. The minimum atomic E-state index is -1.06.